The number of ether oxygens (including phenoxy) is 4. The monoisotopic (exact) mass is 374 g/mol. The summed E-state index contributed by atoms with van der Waals surface area (Å²) in [7, 11) is -1.82. The summed E-state index contributed by atoms with van der Waals surface area (Å²) in [6.07, 6.45) is -0.547. The molecule has 7 heteroatoms. The van der Waals surface area contributed by atoms with Gasteiger partial charge in [0.1, 0.15) is 6.10 Å². The van der Waals surface area contributed by atoms with Crippen LogP contribution in [-0.2, 0) is 28.2 Å². The minimum atomic E-state index is -1.82. The maximum atomic E-state index is 11.4. The first-order chi connectivity index (χ1) is 11.3. The average Bonchev–Trinajstić information content (AvgIpc) is 2.65. The van der Waals surface area contributed by atoms with Crippen LogP contribution in [-0.4, -0.2) is 51.8 Å². The van der Waals surface area contributed by atoms with Gasteiger partial charge in [0.25, 0.3) is 0 Å². The molecule has 146 valence electrons. The van der Waals surface area contributed by atoms with E-state index in [1.807, 2.05) is 13.8 Å². The van der Waals surface area contributed by atoms with Gasteiger partial charge in [-0.3, -0.25) is 4.79 Å². The highest BCUT2D eigenvalue weighted by atomic mass is 28.4. The molecular formula is C18H34O6Si. The van der Waals surface area contributed by atoms with Gasteiger partial charge in [-0.05, 0) is 38.4 Å². The van der Waals surface area contributed by atoms with E-state index in [1.54, 1.807) is 0 Å². The Kier molecular flexibility index (Phi) is 6.06. The second-order valence-corrected chi connectivity index (χ2v) is 13.9. The average molecular weight is 375 g/mol. The van der Waals surface area contributed by atoms with E-state index in [0.29, 0.717) is 13.2 Å². The SMILES string of the molecule is CC(=O)OC1OC[C@H](CO[Si](C)(C)C(C)(C)C)C[C@H]2OC(C)(C)O[C@@H]12. The van der Waals surface area contributed by atoms with Gasteiger partial charge in [-0.25, -0.2) is 0 Å². The zero-order chi connectivity index (χ0) is 19.0. The van der Waals surface area contributed by atoms with Crippen molar-refractivity contribution in [1.29, 1.82) is 0 Å². The van der Waals surface area contributed by atoms with E-state index in [0.717, 1.165) is 6.42 Å². The van der Waals surface area contributed by atoms with E-state index in [9.17, 15) is 4.79 Å². The molecule has 0 bridgehead atoms. The zero-order valence-electron chi connectivity index (χ0n) is 16.9. The highest BCUT2D eigenvalue weighted by molar-refractivity contribution is 6.74. The van der Waals surface area contributed by atoms with Crippen LogP contribution in [0.5, 0.6) is 0 Å². The fourth-order valence-corrected chi connectivity index (χ4v) is 4.01. The van der Waals surface area contributed by atoms with Crippen LogP contribution in [0.1, 0.15) is 48.0 Å². The van der Waals surface area contributed by atoms with Gasteiger partial charge in [0.2, 0.25) is 6.29 Å². The summed E-state index contributed by atoms with van der Waals surface area (Å²) in [5.41, 5.74) is 0. The fraction of sp³-hybridized carbons (Fsp3) is 0.944. The van der Waals surface area contributed by atoms with Crippen molar-refractivity contribution in [3.05, 3.63) is 0 Å². The van der Waals surface area contributed by atoms with Gasteiger partial charge in [0, 0.05) is 19.4 Å². The molecule has 4 atom stereocenters. The third-order valence-electron chi connectivity index (χ3n) is 5.32. The molecule has 0 N–H and O–H groups in total. The summed E-state index contributed by atoms with van der Waals surface area (Å²) in [6.45, 7) is 17.4. The van der Waals surface area contributed by atoms with Crippen LogP contribution >= 0.6 is 0 Å². The molecule has 2 rings (SSSR count). The molecule has 0 saturated carbocycles. The van der Waals surface area contributed by atoms with Crippen molar-refractivity contribution in [2.45, 2.75) is 90.4 Å². The molecule has 0 radical (unpaired) electrons. The maximum absolute atomic E-state index is 11.4. The smallest absolute Gasteiger partial charge is 0.305 e. The Morgan fingerprint density at radius 3 is 2.44 bits per heavy atom. The summed E-state index contributed by atoms with van der Waals surface area (Å²) in [4.78, 5) is 11.4. The lowest BCUT2D eigenvalue weighted by molar-refractivity contribution is -0.221. The van der Waals surface area contributed by atoms with E-state index >= 15 is 0 Å². The Morgan fingerprint density at radius 2 is 1.88 bits per heavy atom. The molecule has 25 heavy (non-hydrogen) atoms. The molecule has 0 amide bonds. The quantitative estimate of drug-likeness (QED) is 0.555. The van der Waals surface area contributed by atoms with Crippen LogP contribution in [0.15, 0.2) is 0 Å². The maximum Gasteiger partial charge on any atom is 0.305 e. The van der Waals surface area contributed by atoms with Crippen LogP contribution in [0.3, 0.4) is 0 Å². The summed E-state index contributed by atoms with van der Waals surface area (Å²) in [6, 6.07) is 0. The second kappa shape index (κ2) is 7.27. The van der Waals surface area contributed by atoms with Crippen molar-refractivity contribution in [3.63, 3.8) is 0 Å². The van der Waals surface area contributed by atoms with Crippen LogP contribution in [0.2, 0.25) is 18.1 Å². The van der Waals surface area contributed by atoms with E-state index in [2.05, 4.69) is 33.9 Å². The predicted molar refractivity (Wildman–Crippen MR) is 96.6 cm³/mol. The minimum Gasteiger partial charge on any atom is -0.433 e. The third kappa shape index (κ3) is 5.26. The summed E-state index contributed by atoms with van der Waals surface area (Å²) < 4.78 is 29.5. The normalized spacial score (nSPS) is 32.8. The van der Waals surface area contributed by atoms with Gasteiger partial charge >= 0.3 is 5.97 Å². The summed E-state index contributed by atoms with van der Waals surface area (Å²) in [5.74, 6) is -0.910. The largest absolute Gasteiger partial charge is 0.433 e. The standard InChI is InChI=1S/C18H34O6Si/c1-12(19)22-16-15-14(23-18(5,6)24-15)9-13(10-20-16)11-21-25(7,8)17(2,3)4/h13-16H,9-11H2,1-8H3/t13-,14-,15-,16?/m1/s1. The zero-order valence-corrected chi connectivity index (χ0v) is 17.9. The summed E-state index contributed by atoms with van der Waals surface area (Å²) in [5, 5.41) is 0.163. The lowest BCUT2D eigenvalue weighted by atomic mass is 10.0. The van der Waals surface area contributed by atoms with Crippen molar-refractivity contribution in [2.24, 2.45) is 5.92 Å². The Labute approximate surface area is 152 Å². The predicted octanol–water partition coefficient (Wildman–Crippen LogP) is 3.45. The Bertz CT molecular complexity index is 484. The number of fused-ring (bicyclic) bond motifs is 1. The van der Waals surface area contributed by atoms with Crippen LogP contribution in [0.4, 0.5) is 0 Å². The molecule has 1 unspecified atom stereocenters. The van der Waals surface area contributed by atoms with Crippen LogP contribution in [0, 0.1) is 5.92 Å². The number of hydrogen-bond acceptors (Lipinski definition) is 6. The van der Waals surface area contributed by atoms with E-state index in [1.165, 1.54) is 6.92 Å². The summed E-state index contributed by atoms with van der Waals surface area (Å²) >= 11 is 0. The molecule has 2 saturated heterocycles. The van der Waals surface area contributed by atoms with Gasteiger partial charge in [-0.1, -0.05) is 20.8 Å². The molecular weight excluding hydrogens is 340 g/mol. The first kappa shape index (κ1) is 20.8. The molecule has 0 aliphatic carbocycles. The highest BCUT2D eigenvalue weighted by Crippen LogP contribution is 2.39. The number of hydrogen-bond donors (Lipinski definition) is 0. The van der Waals surface area contributed by atoms with Gasteiger partial charge in [-0.2, -0.15) is 0 Å². The molecule has 6 nitrogen and oxygen atoms in total. The van der Waals surface area contributed by atoms with E-state index in [-0.39, 0.29) is 23.0 Å². The van der Waals surface area contributed by atoms with Gasteiger partial charge < -0.3 is 23.4 Å². The van der Waals surface area contributed by atoms with Gasteiger partial charge in [0.05, 0.1) is 12.7 Å². The van der Waals surface area contributed by atoms with Crippen molar-refractivity contribution < 1.29 is 28.2 Å². The lowest BCUT2D eigenvalue weighted by Crippen LogP contribution is -2.42. The first-order valence-electron chi connectivity index (χ1n) is 9.09. The first-order valence-corrected chi connectivity index (χ1v) is 12.0. The molecule has 0 spiro atoms. The topological polar surface area (TPSA) is 63.2 Å². The Balaban J connectivity index is 2.05. The molecule has 0 aromatic rings. The van der Waals surface area contributed by atoms with Crippen molar-refractivity contribution >= 4 is 14.3 Å². The number of carbonyl (C=O) groups excluding carboxylic acids is 1. The minimum absolute atomic E-state index is 0.163. The highest BCUT2D eigenvalue weighted by Gasteiger charge is 2.50. The molecule has 2 heterocycles. The molecule has 2 aliphatic heterocycles. The van der Waals surface area contributed by atoms with Crippen LogP contribution in [0.25, 0.3) is 0 Å². The number of rotatable bonds is 4. The molecule has 2 fully saturated rings. The van der Waals surface area contributed by atoms with E-state index in [4.69, 9.17) is 23.4 Å². The Hall–Kier alpha value is -0.473. The molecule has 2 aliphatic rings. The fourth-order valence-electron chi connectivity index (χ4n) is 2.92. The lowest BCUT2D eigenvalue weighted by Gasteiger charge is -2.37. The molecule has 0 aromatic carbocycles. The van der Waals surface area contributed by atoms with Crippen LogP contribution < -0.4 is 0 Å². The van der Waals surface area contributed by atoms with E-state index < -0.39 is 26.5 Å². The van der Waals surface area contributed by atoms with Gasteiger partial charge in [-0.15, -0.1) is 0 Å². The van der Waals surface area contributed by atoms with Crippen molar-refractivity contribution in [3.8, 4) is 0 Å². The van der Waals surface area contributed by atoms with Gasteiger partial charge in [0.15, 0.2) is 14.1 Å². The number of carbonyl (C=O) groups is 1. The van der Waals surface area contributed by atoms with Crippen molar-refractivity contribution in [2.75, 3.05) is 13.2 Å². The Morgan fingerprint density at radius 1 is 1.24 bits per heavy atom. The third-order valence-corrected chi connectivity index (χ3v) is 9.82. The second-order valence-electron chi connectivity index (χ2n) is 9.12. The number of esters is 1. The van der Waals surface area contributed by atoms with Crippen molar-refractivity contribution in [1.82, 2.24) is 0 Å². The molecule has 0 aromatic heterocycles.